The van der Waals surface area contributed by atoms with Gasteiger partial charge in [0, 0.05) is 27.6 Å². The van der Waals surface area contributed by atoms with E-state index in [9.17, 15) is 0 Å². The third-order valence-corrected chi connectivity index (χ3v) is 7.53. The summed E-state index contributed by atoms with van der Waals surface area (Å²) in [5.41, 5.74) is 4.90. The fourth-order valence-electron chi connectivity index (χ4n) is 5.43. The fourth-order valence-corrected chi connectivity index (χ4v) is 5.43. The third kappa shape index (κ3) is 4.24. The minimum atomic E-state index is -0.210. The molecule has 0 radical (unpaired) electrons. The van der Waals surface area contributed by atoms with Crippen LogP contribution in [0.4, 0.5) is 5.69 Å². The van der Waals surface area contributed by atoms with E-state index < -0.39 is 0 Å². The van der Waals surface area contributed by atoms with Crippen LogP contribution < -0.4 is 10.1 Å². The largest absolute Gasteiger partial charge is 0.464 e. The minimum Gasteiger partial charge on any atom is -0.464 e. The smallest absolute Gasteiger partial charge is 0.196 e. The van der Waals surface area contributed by atoms with Crippen LogP contribution in [0.1, 0.15) is 11.8 Å². The maximum Gasteiger partial charge on any atom is 0.196 e. The van der Waals surface area contributed by atoms with E-state index >= 15 is 0 Å². The Morgan fingerprint density at radius 1 is 0.488 bits per heavy atom. The lowest BCUT2D eigenvalue weighted by Gasteiger charge is -2.12. The molecule has 0 saturated carbocycles. The lowest BCUT2D eigenvalue weighted by molar-refractivity contribution is 0.262. The van der Waals surface area contributed by atoms with Gasteiger partial charge in [0.25, 0.3) is 0 Å². The number of nitrogens with one attached hydrogen (secondary N) is 1. The molecule has 0 fully saturated rings. The number of aromatic nitrogens is 3. The Labute approximate surface area is 237 Å². The summed E-state index contributed by atoms with van der Waals surface area (Å²) in [7, 11) is 0. The van der Waals surface area contributed by atoms with Crippen molar-refractivity contribution in [3.05, 3.63) is 139 Å². The highest BCUT2D eigenvalue weighted by Crippen LogP contribution is 2.43. The predicted molar refractivity (Wildman–Crippen MR) is 165 cm³/mol. The molecule has 1 unspecified atom stereocenters. The number of hydrogen-bond donors (Lipinski definition) is 1. The van der Waals surface area contributed by atoms with Crippen molar-refractivity contribution in [2.75, 3.05) is 5.32 Å². The minimum absolute atomic E-state index is 0.210. The van der Waals surface area contributed by atoms with Crippen molar-refractivity contribution in [2.24, 2.45) is 0 Å². The molecule has 0 bridgehead atoms. The fraction of sp³-hybridized carbons (Fsp3) is 0.0278. The summed E-state index contributed by atoms with van der Waals surface area (Å²) < 4.78 is 6.39. The molecule has 1 aliphatic heterocycles. The van der Waals surface area contributed by atoms with Gasteiger partial charge >= 0.3 is 0 Å². The Morgan fingerprint density at radius 3 is 1.83 bits per heavy atom. The number of fused-ring (bicyclic) bond motifs is 4. The van der Waals surface area contributed by atoms with Gasteiger partial charge < -0.3 is 10.1 Å². The van der Waals surface area contributed by atoms with E-state index in [1.807, 2.05) is 54.6 Å². The zero-order chi connectivity index (χ0) is 27.2. The molecule has 0 aliphatic carbocycles. The van der Waals surface area contributed by atoms with Crippen LogP contribution in [0.2, 0.25) is 0 Å². The van der Waals surface area contributed by atoms with Crippen LogP contribution in [0.15, 0.2) is 133 Å². The number of anilines is 1. The maximum atomic E-state index is 6.39. The van der Waals surface area contributed by atoms with Crippen molar-refractivity contribution < 1.29 is 4.74 Å². The summed E-state index contributed by atoms with van der Waals surface area (Å²) in [5, 5.41) is 7.94. The molecule has 0 amide bonds. The average molecular weight is 529 g/mol. The third-order valence-electron chi connectivity index (χ3n) is 7.53. The molecule has 1 N–H and O–H groups in total. The van der Waals surface area contributed by atoms with E-state index in [4.69, 9.17) is 19.7 Å². The molecule has 1 aromatic heterocycles. The van der Waals surface area contributed by atoms with Crippen molar-refractivity contribution in [1.29, 1.82) is 0 Å². The zero-order valence-electron chi connectivity index (χ0n) is 22.0. The number of nitrogens with zero attached hydrogens (tertiary/aromatic N) is 3. The van der Waals surface area contributed by atoms with E-state index in [1.165, 1.54) is 5.39 Å². The molecule has 5 heteroatoms. The molecule has 7 aromatic rings. The second kappa shape index (κ2) is 9.57. The predicted octanol–water partition coefficient (Wildman–Crippen LogP) is 8.68. The van der Waals surface area contributed by atoms with E-state index in [0.717, 1.165) is 49.8 Å². The average Bonchev–Trinajstić information content (AvgIpc) is 3.50. The van der Waals surface area contributed by atoms with Gasteiger partial charge in [0.05, 0.1) is 5.69 Å². The Balaban J connectivity index is 1.23. The number of rotatable bonds is 4. The molecule has 1 atom stereocenters. The Hall–Kier alpha value is -5.55. The highest BCUT2D eigenvalue weighted by molar-refractivity contribution is 5.96. The molecule has 5 nitrogen and oxygen atoms in total. The van der Waals surface area contributed by atoms with Gasteiger partial charge in [-0.05, 0) is 40.4 Å². The summed E-state index contributed by atoms with van der Waals surface area (Å²) in [5.74, 6) is 2.78. The maximum absolute atomic E-state index is 6.39. The monoisotopic (exact) mass is 528 g/mol. The molecule has 8 rings (SSSR count). The zero-order valence-corrected chi connectivity index (χ0v) is 22.0. The van der Waals surface area contributed by atoms with Crippen LogP contribution in [0.5, 0.6) is 5.75 Å². The Kier molecular flexibility index (Phi) is 5.45. The highest BCUT2D eigenvalue weighted by Gasteiger charge is 2.25. The van der Waals surface area contributed by atoms with Gasteiger partial charge in [-0.25, -0.2) is 15.0 Å². The normalized spacial score (nSPS) is 14.0. The quantitative estimate of drug-likeness (QED) is 0.248. The number of hydrogen-bond acceptors (Lipinski definition) is 5. The van der Waals surface area contributed by atoms with Crippen molar-refractivity contribution in [3.63, 3.8) is 0 Å². The standard InChI is InChI=1S/C36H24N4O/c1-3-10-24(11-4-1)33-38-34(28-16-15-23-9-7-8-14-26(23)21-28)40-35(39-33)29-17-19-30-27(22-29)18-20-31-32(30)41-36(37-31)25-12-5-2-6-13-25/h1-22,36-37H. The Morgan fingerprint density at radius 2 is 1.07 bits per heavy atom. The van der Waals surface area contributed by atoms with Crippen molar-refractivity contribution in [1.82, 2.24) is 15.0 Å². The molecule has 6 aromatic carbocycles. The van der Waals surface area contributed by atoms with Crippen molar-refractivity contribution in [2.45, 2.75) is 6.23 Å². The van der Waals surface area contributed by atoms with Gasteiger partial charge in [0.2, 0.25) is 0 Å². The van der Waals surface area contributed by atoms with E-state index in [0.29, 0.717) is 17.5 Å². The van der Waals surface area contributed by atoms with Crippen LogP contribution in [0, 0.1) is 0 Å². The molecule has 194 valence electrons. The van der Waals surface area contributed by atoms with E-state index in [1.54, 1.807) is 0 Å². The first-order valence-electron chi connectivity index (χ1n) is 13.6. The molecule has 2 heterocycles. The van der Waals surface area contributed by atoms with Gasteiger partial charge in [-0.15, -0.1) is 0 Å². The topological polar surface area (TPSA) is 59.9 Å². The highest BCUT2D eigenvalue weighted by atomic mass is 16.5. The van der Waals surface area contributed by atoms with Gasteiger partial charge in [0.15, 0.2) is 29.5 Å². The van der Waals surface area contributed by atoms with Crippen LogP contribution in [0.25, 0.3) is 55.7 Å². The molecule has 0 saturated heterocycles. The summed E-state index contributed by atoms with van der Waals surface area (Å²) in [6.45, 7) is 0. The molecular formula is C36H24N4O. The van der Waals surface area contributed by atoms with Crippen molar-refractivity contribution >= 4 is 27.2 Å². The molecular weight excluding hydrogens is 504 g/mol. The number of benzene rings is 6. The van der Waals surface area contributed by atoms with Crippen LogP contribution in [-0.4, -0.2) is 15.0 Å². The van der Waals surface area contributed by atoms with Gasteiger partial charge in [-0.1, -0.05) is 109 Å². The van der Waals surface area contributed by atoms with Gasteiger partial charge in [-0.3, -0.25) is 0 Å². The lowest BCUT2D eigenvalue weighted by Crippen LogP contribution is -2.09. The summed E-state index contributed by atoms with van der Waals surface area (Å²) in [4.78, 5) is 14.8. The first-order chi connectivity index (χ1) is 20.3. The molecule has 0 spiro atoms. The van der Waals surface area contributed by atoms with E-state index in [-0.39, 0.29) is 6.23 Å². The van der Waals surface area contributed by atoms with E-state index in [2.05, 4.69) is 84.2 Å². The van der Waals surface area contributed by atoms with Gasteiger partial charge in [0.1, 0.15) is 0 Å². The summed E-state index contributed by atoms with van der Waals surface area (Å²) in [6.07, 6.45) is -0.210. The second-order valence-electron chi connectivity index (χ2n) is 10.2. The first-order valence-corrected chi connectivity index (χ1v) is 13.6. The van der Waals surface area contributed by atoms with Gasteiger partial charge in [-0.2, -0.15) is 0 Å². The SMILES string of the molecule is c1ccc(-c2nc(-c3ccc4ccccc4c3)nc(-c3ccc4c5c(ccc4c3)NC(c3ccccc3)O5)n2)cc1. The van der Waals surface area contributed by atoms with Crippen LogP contribution >= 0.6 is 0 Å². The Bertz CT molecular complexity index is 2060. The summed E-state index contributed by atoms with van der Waals surface area (Å²) in [6, 6.07) is 45.4. The molecule has 1 aliphatic rings. The molecule has 41 heavy (non-hydrogen) atoms. The second-order valence-corrected chi connectivity index (χ2v) is 10.2. The first kappa shape index (κ1) is 23.3. The van der Waals surface area contributed by atoms with Crippen molar-refractivity contribution in [3.8, 4) is 39.9 Å². The number of ether oxygens (including phenoxy) is 1. The lowest BCUT2D eigenvalue weighted by atomic mass is 10.0. The summed E-state index contributed by atoms with van der Waals surface area (Å²) >= 11 is 0. The van der Waals surface area contributed by atoms with Crippen LogP contribution in [-0.2, 0) is 0 Å². The van der Waals surface area contributed by atoms with Crippen LogP contribution in [0.3, 0.4) is 0 Å².